The van der Waals surface area contributed by atoms with E-state index in [0.717, 1.165) is 12.8 Å². The number of hydrogen-bond acceptors (Lipinski definition) is 5. The molecule has 0 saturated carbocycles. The van der Waals surface area contributed by atoms with Crippen molar-refractivity contribution in [2.45, 2.75) is 19.3 Å². The molecule has 0 N–H and O–H groups in total. The van der Waals surface area contributed by atoms with E-state index in [1.165, 1.54) is 17.5 Å². The summed E-state index contributed by atoms with van der Waals surface area (Å²) in [4.78, 5) is 11.9. The third kappa shape index (κ3) is 2.95. The number of esters is 1. The second kappa shape index (κ2) is 5.83. The standard InChI is InChI=1S/C18H16O5/c19-18(23-15-6-7-16-17(9-15)22-11-21-16)10-20-14-5-4-12-2-1-3-13(12)8-14/h4-9H,1-3,10-11H2. The molecule has 2 aliphatic rings. The second-order valence-corrected chi connectivity index (χ2v) is 5.56. The first-order valence-electron chi connectivity index (χ1n) is 7.63. The zero-order valence-electron chi connectivity index (χ0n) is 12.5. The van der Waals surface area contributed by atoms with Crippen molar-refractivity contribution in [2.24, 2.45) is 0 Å². The van der Waals surface area contributed by atoms with E-state index in [1.54, 1.807) is 18.2 Å². The van der Waals surface area contributed by atoms with Gasteiger partial charge < -0.3 is 18.9 Å². The largest absolute Gasteiger partial charge is 0.482 e. The Morgan fingerprint density at radius 3 is 2.74 bits per heavy atom. The zero-order chi connectivity index (χ0) is 15.6. The van der Waals surface area contributed by atoms with Crippen molar-refractivity contribution >= 4 is 5.97 Å². The summed E-state index contributed by atoms with van der Waals surface area (Å²) in [5.74, 6) is 1.89. The lowest BCUT2D eigenvalue weighted by Gasteiger charge is -2.08. The summed E-state index contributed by atoms with van der Waals surface area (Å²) in [6, 6.07) is 11.0. The highest BCUT2D eigenvalue weighted by molar-refractivity contribution is 5.74. The molecule has 2 aromatic carbocycles. The fourth-order valence-electron chi connectivity index (χ4n) is 2.88. The molecule has 5 nitrogen and oxygen atoms in total. The van der Waals surface area contributed by atoms with Crippen molar-refractivity contribution in [2.75, 3.05) is 13.4 Å². The number of rotatable bonds is 4. The molecule has 1 aliphatic carbocycles. The Morgan fingerprint density at radius 2 is 1.78 bits per heavy atom. The summed E-state index contributed by atoms with van der Waals surface area (Å²) in [6.07, 6.45) is 3.39. The Bertz CT molecular complexity index is 753. The van der Waals surface area contributed by atoms with Gasteiger partial charge in [0.2, 0.25) is 6.79 Å². The number of carbonyl (C=O) groups excluding carboxylic acids is 1. The Labute approximate surface area is 133 Å². The van der Waals surface area contributed by atoms with E-state index in [9.17, 15) is 4.79 Å². The van der Waals surface area contributed by atoms with Gasteiger partial charge in [-0.2, -0.15) is 0 Å². The van der Waals surface area contributed by atoms with Gasteiger partial charge in [0.15, 0.2) is 18.1 Å². The van der Waals surface area contributed by atoms with Crippen molar-refractivity contribution in [1.82, 2.24) is 0 Å². The molecule has 0 bridgehead atoms. The first-order valence-corrected chi connectivity index (χ1v) is 7.63. The third-order valence-corrected chi connectivity index (χ3v) is 4.00. The van der Waals surface area contributed by atoms with Crippen LogP contribution in [0, 0.1) is 0 Å². The predicted molar refractivity (Wildman–Crippen MR) is 82.2 cm³/mol. The van der Waals surface area contributed by atoms with Gasteiger partial charge in [-0.25, -0.2) is 4.79 Å². The maximum Gasteiger partial charge on any atom is 0.349 e. The Morgan fingerprint density at radius 1 is 0.957 bits per heavy atom. The molecule has 23 heavy (non-hydrogen) atoms. The number of ether oxygens (including phenoxy) is 4. The van der Waals surface area contributed by atoms with Crippen molar-refractivity contribution in [1.29, 1.82) is 0 Å². The van der Waals surface area contributed by atoms with Crippen LogP contribution in [0.25, 0.3) is 0 Å². The van der Waals surface area contributed by atoms with E-state index in [1.807, 2.05) is 12.1 Å². The minimum Gasteiger partial charge on any atom is -0.482 e. The fourth-order valence-corrected chi connectivity index (χ4v) is 2.88. The molecule has 2 aromatic rings. The summed E-state index contributed by atoms with van der Waals surface area (Å²) >= 11 is 0. The van der Waals surface area contributed by atoms with E-state index in [-0.39, 0.29) is 13.4 Å². The molecular weight excluding hydrogens is 296 g/mol. The highest BCUT2D eigenvalue weighted by Crippen LogP contribution is 2.35. The van der Waals surface area contributed by atoms with E-state index >= 15 is 0 Å². The van der Waals surface area contributed by atoms with Crippen LogP contribution in [0.1, 0.15) is 17.5 Å². The Kier molecular flexibility index (Phi) is 3.54. The molecule has 0 saturated heterocycles. The van der Waals surface area contributed by atoms with Crippen LogP contribution in [0.2, 0.25) is 0 Å². The number of aryl methyl sites for hydroxylation is 2. The summed E-state index contributed by atoms with van der Waals surface area (Å²) in [7, 11) is 0. The third-order valence-electron chi connectivity index (χ3n) is 4.00. The second-order valence-electron chi connectivity index (χ2n) is 5.56. The van der Waals surface area contributed by atoms with Gasteiger partial charge in [0.25, 0.3) is 0 Å². The van der Waals surface area contributed by atoms with Gasteiger partial charge in [-0.15, -0.1) is 0 Å². The Hall–Kier alpha value is -2.69. The van der Waals surface area contributed by atoms with Gasteiger partial charge >= 0.3 is 5.97 Å². The molecule has 0 amide bonds. The van der Waals surface area contributed by atoms with Crippen LogP contribution in [-0.2, 0) is 17.6 Å². The summed E-state index contributed by atoms with van der Waals surface area (Å²) < 4.78 is 21.2. The zero-order valence-corrected chi connectivity index (χ0v) is 12.5. The number of benzene rings is 2. The van der Waals surface area contributed by atoms with E-state index in [2.05, 4.69) is 6.07 Å². The topological polar surface area (TPSA) is 54.0 Å². The smallest absolute Gasteiger partial charge is 0.349 e. The monoisotopic (exact) mass is 312 g/mol. The van der Waals surface area contributed by atoms with Gasteiger partial charge in [0.1, 0.15) is 11.5 Å². The molecule has 0 radical (unpaired) electrons. The van der Waals surface area contributed by atoms with Crippen LogP contribution in [0.15, 0.2) is 36.4 Å². The summed E-state index contributed by atoms with van der Waals surface area (Å²) in [6.45, 7) is 0.0569. The van der Waals surface area contributed by atoms with Crippen LogP contribution in [0.3, 0.4) is 0 Å². The van der Waals surface area contributed by atoms with Crippen molar-refractivity contribution < 1.29 is 23.7 Å². The van der Waals surface area contributed by atoms with Crippen LogP contribution < -0.4 is 18.9 Å². The fraction of sp³-hybridized carbons (Fsp3) is 0.278. The SMILES string of the molecule is O=C(COc1ccc2c(c1)CCC2)Oc1ccc2c(c1)OCO2. The number of fused-ring (bicyclic) bond motifs is 2. The van der Waals surface area contributed by atoms with Crippen LogP contribution >= 0.6 is 0 Å². The van der Waals surface area contributed by atoms with Gasteiger partial charge in [0, 0.05) is 6.07 Å². The molecule has 1 aliphatic heterocycles. The minimum absolute atomic E-state index is 0.132. The summed E-state index contributed by atoms with van der Waals surface area (Å²) in [5, 5.41) is 0. The maximum atomic E-state index is 11.9. The number of hydrogen-bond donors (Lipinski definition) is 0. The molecular formula is C18H16O5. The maximum absolute atomic E-state index is 11.9. The molecule has 1 heterocycles. The van der Waals surface area contributed by atoms with E-state index < -0.39 is 5.97 Å². The molecule has 0 aromatic heterocycles. The first-order chi connectivity index (χ1) is 11.3. The minimum atomic E-state index is -0.454. The van der Waals surface area contributed by atoms with Gasteiger partial charge in [-0.3, -0.25) is 0 Å². The first kappa shape index (κ1) is 13.9. The number of carbonyl (C=O) groups is 1. The lowest BCUT2D eigenvalue weighted by atomic mass is 10.1. The van der Waals surface area contributed by atoms with Gasteiger partial charge in [-0.05, 0) is 54.7 Å². The van der Waals surface area contributed by atoms with Crippen molar-refractivity contribution in [3.63, 3.8) is 0 Å². The van der Waals surface area contributed by atoms with Crippen molar-refractivity contribution in [3.05, 3.63) is 47.5 Å². The highest BCUT2D eigenvalue weighted by Gasteiger charge is 2.16. The molecule has 0 unspecified atom stereocenters. The quantitative estimate of drug-likeness (QED) is 0.642. The predicted octanol–water partition coefficient (Wildman–Crippen LogP) is 2.89. The summed E-state index contributed by atoms with van der Waals surface area (Å²) in [5.41, 5.74) is 2.69. The lowest BCUT2D eigenvalue weighted by Crippen LogP contribution is -2.17. The molecule has 0 spiro atoms. The molecule has 0 atom stereocenters. The van der Waals surface area contributed by atoms with Crippen LogP contribution in [0.5, 0.6) is 23.0 Å². The normalized spacial score (nSPS) is 14.4. The molecule has 5 heteroatoms. The highest BCUT2D eigenvalue weighted by atomic mass is 16.7. The van der Waals surface area contributed by atoms with Crippen molar-refractivity contribution in [3.8, 4) is 23.0 Å². The molecule has 0 fully saturated rings. The van der Waals surface area contributed by atoms with E-state index in [4.69, 9.17) is 18.9 Å². The Balaban J connectivity index is 1.35. The van der Waals surface area contributed by atoms with Crippen LogP contribution in [-0.4, -0.2) is 19.4 Å². The lowest BCUT2D eigenvalue weighted by molar-refractivity contribution is -0.136. The molecule has 4 rings (SSSR count). The van der Waals surface area contributed by atoms with Gasteiger partial charge in [0.05, 0.1) is 0 Å². The average Bonchev–Trinajstić information content (AvgIpc) is 3.20. The van der Waals surface area contributed by atoms with E-state index in [0.29, 0.717) is 23.0 Å². The van der Waals surface area contributed by atoms with Gasteiger partial charge in [-0.1, -0.05) is 6.07 Å². The average molecular weight is 312 g/mol. The molecule has 118 valence electrons. The van der Waals surface area contributed by atoms with Crippen LogP contribution in [0.4, 0.5) is 0 Å².